The number of methoxy groups -OCH3 is 1. The molecular weight excluding hydrogens is 154 g/mol. The normalized spacial score (nSPS) is 12.8. The number of carbonyl (C=O) groups is 1. The molecule has 0 radical (unpaired) electrons. The molecule has 0 aliphatic carbocycles. The van der Waals surface area contributed by atoms with Crippen LogP contribution < -0.4 is 0 Å². The zero-order chi connectivity index (χ0) is 8.15. The van der Waals surface area contributed by atoms with Gasteiger partial charge in [-0.3, -0.25) is 4.79 Å². The minimum absolute atomic E-state index is 0.0349. The maximum atomic E-state index is 10.4. The summed E-state index contributed by atoms with van der Waals surface area (Å²) in [5, 5.41) is -0.455. The lowest BCUT2D eigenvalue weighted by atomic mass is 10.4. The molecule has 1 amide bonds. The van der Waals surface area contributed by atoms with Crippen LogP contribution in [0.25, 0.3) is 0 Å². The molecule has 0 aliphatic heterocycles. The number of nitrogens with zero attached hydrogens (tertiary/aromatic N) is 1. The summed E-state index contributed by atoms with van der Waals surface area (Å²) in [6.07, 6.45) is 0.0349. The number of ether oxygens (including phenoxy) is 1. The van der Waals surface area contributed by atoms with Gasteiger partial charge in [0, 0.05) is 20.7 Å². The molecule has 0 N–H and O–H groups in total. The average molecular weight is 166 g/mol. The van der Waals surface area contributed by atoms with E-state index in [4.69, 9.17) is 16.3 Å². The summed E-state index contributed by atoms with van der Waals surface area (Å²) in [7, 11) is 3.22. The summed E-state index contributed by atoms with van der Waals surface area (Å²) < 4.78 is 4.92. The lowest BCUT2D eigenvalue weighted by molar-refractivity contribution is 0.0960. The fraction of sp³-hybridized carbons (Fsp3) is 0.833. The second kappa shape index (κ2) is 4.52. The van der Waals surface area contributed by atoms with E-state index in [-0.39, 0.29) is 6.10 Å². The van der Waals surface area contributed by atoms with Gasteiger partial charge in [-0.1, -0.05) is 0 Å². The molecule has 0 rings (SSSR count). The van der Waals surface area contributed by atoms with Gasteiger partial charge < -0.3 is 9.64 Å². The van der Waals surface area contributed by atoms with E-state index in [1.54, 1.807) is 14.2 Å². The molecule has 0 aromatic carbocycles. The van der Waals surface area contributed by atoms with Crippen LogP contribution in [0.2, 0.25) is 0 Å². The van der Waals surface area contributed by atoms with Gasteiger partial charge in [0.25, 0.3) is 0 Å². The standard InChI is InChI=1S/C6H12ClNO2/c1-5(10-3)4-8(2)6(7)9/h5H,4H2,1-3H3. The van der Waals surface area contributed by atoms with E-state index in [0.717, 1.165) is 0 Å². The van der Waals surface area contributed by atoms with Gasteiger partial charge in [-0.15, -0.1) is 0 Å². The van der Waals surface area contributed by atoms with Crippen LogP contribution in [0.4, 0.5) is 4.79 Å². The van der Waals surface area contributed by atoms with Crippen LogP contribution in [-0.4, -0.2) is 37.1 Å². The first-order valence-corrected chi connectivity index (χ1v) is 3.39. The van der Waals surface area contributed by atoms with E-state index >= 15 is 0 Å². The molecule has 0 spiro atoms. The second-order valence-corrected chi connectivity index (χ2v) is 2.50. The van der Waals surface area contributed by atoms with Gasteiger partial charge in [-0.2, -0.15) is 0 Å². The molecule has 1 atom stereocenters. The summed E-state index contributed by atoms with van der Waals surface area (Å²) in [6, 6.07) is 0. The van der Waals surface area contributed by atoms with Crippen molar-refractivity contribution in [3.63, 3.8) is 0 Å². The number of rotatable bonds is 3. The highest BCUT2D eigenvalue weighted by Gasteiger charge is 2.07. The Morgan fingerprint density at radius 1 is 1.80 bits per heavy atom. The van der Waals surface area contributed by atoms with Gasteiger partial charge in [0.2, 0.25) is 0 Å². The number of carbonyl (C=O) groups excluding carboxylic acids is 1. The van der Waals surface area contributed by atoms with Gasteiger partial charge in [0.05, 0.1) is 6.10 Å². The molecule has 0 aromatic rings. The highest BCUT2D eigenvalue weighted by Crippen LogP contribution is 1.96. The molecule has 10 heavy (non-hydrogen) atoms. The van der Waals surface area contributed by atoms with Crippen LogP contribution in [0.1, 0.15) is 6.92 Å². The van der Waals surface area contributed by atoms with E-state index in [9.17, 15) is 4.79 Å². The third kappa shape index (κ3) is 3.69. The van der Waals surface area contributed by atoms with Crippen LogP contribution in [0, 0.1) is 0 Å². The first-order chi connectivity index (χ1) is 4.57. The van der Waals surface area contributed by atoms with Crippen LogP contribution >= 0.6 is 11.6 Å². The zero-order valence-electron chi connectivity index (χ0n) is 6.43. The Morgan fingerprint density at radius 3 is 2.60 bits per heavy atom. The lowest BCUT2D eigenvalue weighted by Crippen LogP contribution is -2.30. The van der Waals surface area contributed by atoms with Gasteiger partial charge in [-0.05, 0) is 18.5 Å². The summed E-state index contributed by atoms with van der Waals surface area (Å²) in [6.45, 7) is 2.40. The molecule has 0 aliphatic rings. The van der Waals surface area contributed by atoms with Crippen LogP contribution in [0.3, 0.4) is 0 Å². The third-order valence-electron chi connectivity index (χ3n) is 1.23. The Balaban J connectivity index is 3.56. The van der Waals surface area contributed by atoms with Gasteiger partial charge in [-0.25, -0.2) is 0 Å². The maximum Gasteiger partial charge on any atom is 0.316 e. The number of hydrogen-bond donors (Lipinski definition) is 0. The van der Waals surface area contributed by atoms with Gasteiger partial charge >= 0.3 is 5.37 Å². The molecule has 3 nitrogen and oxygen atoms in total. The van der Waals surface area contributed by atoms with Crippen molar-refractivity contribution in [1.29, 1.82) is 0 Å². The number of likely N-dealkylation sites (N-methyl/N-ethyl adjacent to an activating group) is 1. The lowest BCUT2D eigenvalue weighted by Gasteiger charge is -2.17. The molecule has 0 saturated heterocycles. The van der Waals surface area contributed by atoms with Crippen LogP contribution in [0.15, 0.2) is 0 Å². The predicted octanol–water partition coefficient (Wildman–Crippen LogP) is 1.31. The Morgan fingerprint density at radius 2 is 2.30 bits per heavy atom. The van der Waals surface area contributed by atoms with E-state index < -0.39 is 5.37 Å². The van der Waals surface area contributed by atoms with Crippen molar-refractivity contribution < 1.29 is 9.53 Å². The third-order valence-corrected chi connectivity index (χ3v) is 1.52. The van der Waals surface area contributed by atoms with E-state index in [1.807, 2.05) is 6.92 Å². The largest absolute Gasteiger partial charge is 0.380 e. The van der Waals surface area contributed by atoms with Crippen molar-refractivity contribution in [3.8, 4) is 0 Å². The Hall–Kier alpha value is -0.280. The van der Waals surface area contributed by atoms with Crippen molar-refractivity contribution in [1.82, 2.24) is 4.90 Å². The molecule has 4 heteroatoms. The van der Waals surface area contributed by atoms with Crippen molar-refractivity contribution in [2.75, 3.05) is 20.7 Å². The Labute approximate surface area is 65.9 Å². The zero-order valence-corrected chi connectivity index (χ0v) is 7.18. The van der Waals surface area contributed by atoms with Gasteiger partial charge in [0.1, 0.15) is 0 Å². The van der Waals surface area contributed by atoms with Crippen LogP contribution in [-0.2, 0) is 4.74 Å². The monoisotopic (exact) mass is 165 g/mol. The Kier molecular flexibility index (Phi) is 4.40. The first kappa shape index (κ1) is 9.72. The molecule has 0 fully saturated rings. The topological polar surface area (TPSA) is 29.5 Å². The SMILES string of the molecule is COC(C)CN(C)C(=O)Cl. The molecule has 0 bridgehead atoms. The van der Waals surface area contributed by atoms with Gasteiger partial charge in [0.15, 0.2) is 0 Å². The number of halogens is 1. The van der Waals surface area contributed by atoms with E-state index in [2.05, 4.69) is 0 Å². The molecule has 0 saturated carbocycles. The fourth-order valence-corrected chi connectivity index (χ4v) is 0.601. The first-order valence-electron chi connectivity index (χ1n) is 3.01. The minimum atomic E-state index is -0.455. The minimum Gasteiger partial charge on any atom is -0.380 e. The van der Waals surface area contributed by atoms with Crippen molar-refractivity contribution in [2.24, 2.45) is 0 Å². The average Bonchev–Trinajstić information content (AvgIpc) is 1.87. The molecule has 0 aromatic heterocycles. The number of amides is 1. The molecule has 60 valence electrons. The Bertz CT molecular complexity index is 118. The summed E-state index contributed by atoms with van der Waals surface area (Å²) in [5.41, 5.74) is 0. The molecular formula is C6H12ClNO2. The van der Waals surface area contributed by atoms with E-state index in [1.165, 1.54) is 4.90 Å². The van der Waals surface area contributed by atoms with Crippen molar-refractivity contribution in [3.05, 3.63) is 0 Å². The maximum absolute atomic E-state index is 10.4. The molecule has 0 heterocycles. The highest BCUT2D eigenvalue weighted by atomic mass is 35.5. The second-order valence-electron chi connectivity index (χ2n) is 2.18. The highest BCUT2D eigenvalue weighted by molar-refractivity contribution is 6.62. The van der Waals surface area contributed by atoms with E-state index in [0.29, 0.717) is 6.54 Å². The molecule has 1 unspecified atom stereocenters. The summed E-state index contributed by atoms with van der Waals surface area (Å²) in [5.74, 6) is 0. The number of hydrogen-bond acceptors (Lipinski definition) is 2. The smallest absolute Gasteiger partial charge is 0.316 e. The van der Waals surface area contributed by atoms with Crippen LogP contribution in [0.5, 0.6) is 0 Å². The van der Waals surface area contributed by atoms with Crippen molar-refractivity contribution >= 4 is 17.0 Å². The summed E-state index contributed by atoms with van der Waals surface area (Å²) >= 11 is 5.16. The summed E-state index contributed by atoms with van der Waals surface area (Å²) in [4.78, 5) is 11.8. The predicted molar refractivity (Wildman–Crippen MR) is 40.4 cm³/mol. The fourth-order valence-electron chi connectivity index (χ4n) is 0.532. The van der Waals surface area contributed by atoms with Crippen molar-refractivity contribution in [2.45, 2.75) is 13.0 Å². The quantitative estimate of drug-likeness (QED) is 0.466.